The summed E-state index contributed by atoms with van der Waals surface area (Å²) in [4.78, 5) is 11.8. The molecule has 2 fully saturated rings. The van der Waals surface area contributed by atoms with Gasteiger partial charge in [0.1, 0.15) is 5.78 Å². The Hall–Kier alpha value is -0.370. The molecule has 2 nitrogen and oxygen atoms in total. The van der Waals surface area contributed by atoms with Crippen LogP contribution in [0.2, 0.25) is 0 Å². The fourth-order valence-electron chi connectivity index (χ4n) is 3.48. The molecule has 2 heteroatoms. The lowest BCUT2D eigenvalue weighted by atomic mass is 9.75. The second kappa shape index (κ2) is 3.57. The van der Waals surface area contributed by atoms with Gasteiger partial charge in [-0.25, -0.2) is 0 Å². The van der Waals surface area contributed by atoms with Gasteiger partial charge in [-0.2, -0.15) is 0 Å². The van der Waals surface area contributed by atoms with Gasteiger partial charge in [0, 0.05) is 5.41 Å². The van der Waals surface area contributed by atoms with Gasteiger partial charge in [-0.05, 0) is 44.4 Å². The Labute approximate surface area is 105 Å². The third kappa shape index (κ3) is 1.68. The first-order chi connectivity index (χ1) is 7.61. The Morgan fingerprint density at radius 3 is 2.35 bits per heavy atom. The highest BCUT2D eigenvalue weighted by atomic mass is 16.5. The minimum atomic E-state index is -0.344. The number of hydrogen-bond donors (Lipinski definition) is 0. The highest BCUT2D eigenvalue weighted by Crippen LogP contribution is 2.59. The quantitative estimate of drug-likeness (QED) is 0.735. The number of Topliss-reactive ketones (excluding diaryl/α,β-unsaturated/α-hetero) is 1. The average molecular weight is 238 g/mol. The number of carbonyl (C=O) groups excluding carboxylic acids is 1. The predicted molar refractivity (Wildman–Crippen MR) is 68.9 cm³/mol. The SMILES string of the molecule is CC(=O)C(C)(C)C1CC2CCC(C)(C)C2(C)O1. The van der Waals surface area contributed by atoms with E-state index in [1.54, 1.807) is 6.92 Å². The summed E-state index contributed by atoms with van der Waals surface area (Å²) in [6.45, 7) is 12.6. The fourth-order valence-corrected chi connectivity index (χ4v) is 3.48. The maximum absolute atomic E-state index is 11.8. The monoisotopic (exact) mass is 238 g/mol. The van der Waals surface area contributed by atoms with E-state index in [2.05, 4.69) is 20.8 Å². The van der Waals surface area contributed by atoms with E-state index in [9.17, 15) is 4.79 Å². The van der Waals surface area contributed by atoms with E-state index in [1.807, 2.05) is 13.8 Å². The molecule has 3 unspecified atom stereocenters. The Kier molecular flexibility index (Phi) is 2.74. The van der Waals surface area contributed by atoms with Crippen molar-refractivity contribution in [1.29, 1.82) is 0 Å². The van der Waals surface area contributed by atoms with Crippen molar-refractivity contribution in [2.24, 2.45) is 16.7 Å². The highest BCUT2D eigenvalue weighted by Gasteiger charge is 2.60. The molecule has 1 aliphatic carbocycles. The van der Waals surface area contributed by atoms with Gasteiger partial charge in [-0.3, -0.25) is 4.79 Å². The van der Waals surface area contributed by atoms with Crippen molar-refractivity contribution >= 4 is 5.78 Å². The van der Waals surface area contributed by atoms with Crippen LogP contribution in [0.25, 0.3) is 0 Å². The van der Waals surface area contributed by atoms with E-state index in [-0.39, 0.29) is 28.3 Å². The van der Waals surface area contributed by atoms with E-state index in [0.29, 0.717) is 5.92 Å². The lowest BCUT2D eigenvalue weighted by Gasteiger charge is -2.40. The molecule has 0 N–H and O–H groups in total. The number of ether oxygens (including phenoxy) is 1. The average Bonchev–Trinajstić information content (AvgIpc) is 2.63. The van der Waals surface area contributed by atoms with E-state index >= 15 is 0 Å². The van der Waals surface area contributed by atoms with E-state index in [4.69, 9.17) is 4.74 Å². The van der Waals surface area contributed by atoms with Crippen LogP contribution >= 0.6 is 0 Å². The Balaban J connectivity index is 2.24. The maximum atomic E-state index is 11.8. The summed E-state index contributed by atoms with van der Waals surface area (Å²) in [7, 11) is 0. The van der Waals surface area contributed by atoms with E-state index in [1.165, 1.54) is 12.8 Å². The Morgan fingerprint density at radius 1 is 1.29 bits per heavy atom. The number of rotatable bonds is 2. The van der Waals surface area contributed by atoms with Gasteiger partial charge in [0.05, 0.1) is 11.7 Å². The molecule has 17 heavy (non-hydrogen) atoms. The zero-order valence-electron chi connectivity index (χ0n) is 12.1. The molecule has 0 aromatic heterocycles. The zero-order valence-corrected chi connectivity index (χ0v) is 12.1. The van der Waals surface area contributed by atoms with Crippen molar-refractivity contribution < 1.29 is 9.53 Å². The molecular formula is C15H26O2. The molecular weight excluding hydrogens is 212 g/mol. The maximum Gasteiger partial charge on any atom is 0.138 e. The van der Waals surface area contributed by atoms with Gasteiger partial charge in [0.25, 0.3) is 0 Å². The highest BCUT2D eigenvalue weighted by molar-refractivity contribution is 5.82. The molecule has 1 saturated heterocycles. The molecule has 0 radical (unpaired) electrons. The molecule has 1 saturated carbocycles. The molecule has 0 spiro atoms. The summed E-state index contributed by atoms with van der Waals surface area (Å²) in [6.07, 6.45) is 3.62. The molecule has 3 atom stereocenters. The van der Waals surface area contributed by atoms with Crippen LogP contribution in [0.15, 0.2) is 0 Å². The molecule has 1 aliphatic heterocycles. The van der Waals surface area contributed by atoms with Crippen LogP contribution in [0.3, 0.4) is 0 Å². The van der Waals surface area contributed by atoms with Crippen molar-refractivity contribution in [1.82, 2.24) is 0 Å². The van der Waals surface area contributed by atoms with Crippen molar-refractivity contribution in [2.75, 3.05) is 0 Å². The predicted octanol–water partition coefficient (Wildman–Crippen LogP) is 3.59. The van der Waals surface area contributed by atoms with Gasteiger partial charge in [0.15, 0.2) is 0 Å². The van der Waals surface area contributed by atoms with Crippen molar-refractivity contribution in [3.8, 4) is 0 Å². The fraction of sp³-hybridized carbons (Fsp3) is 0.933. The summed E-state index contributed by atoms with van der Waals surface area (Å²) >= 11 is 0. The van der Waals surface area contributed by atoms with Crippen LogP contribution in [0.5, 0.6) is 0 Å². The smallest absolute Gasteiger partial charge is 0.138 e. The molecule has 2 rings (SSSR count). The largest absolute Gasteiger partial charge is 0.370 e. The molecule has 1 heterocycles. The second-order valence-electron chi connectivity index (χ2n) is 7.35. The van der Waals surface area contributed by atoms with Gasteiger partial charge in [0.2, 0.25) is 0 Å². The van der Waals surface area contributed by atoms with Crippen LogP contribution in [0.4, 0.5) is 0 Å². The molecule has 98 valence electrons. The second-order valence-corrected chi connectivity index (χ2v) is 7.35. The van der Waals surface area contributed by atoms with Crippen LogP contribution in [0, 0.1) is 16.7 Å². The summed E-state index contributed by atoms with van der Waals surface area (Å²) in [5, 5.41) is 0. The summed E-state index contributed by atoms with van der Waals surface area (Å²) in [6, 6.07) is 0. The van der Waals surface area contributed by atoms with Crippen LogP contribution < -0.4 is 0 Å². The van der Waals surface area contributed by atoms with Gasteiger partial charge < -0.3 is 4.74 Å². The third-order valence-corrected chi connectivity index (χ3v) is 5.84. The first-order valence-electron chi connectivity index (χ1n) is 6.80. The van der Waals surface area contributed by atoms with Gasteiger partial charge in [-0.15, -0.1) is 0 Å². The van der Waals surface area contributed by atoms with Crippen LogP contribution in [0.1, 0.15) is 60.8 Å². The first kappa shape index (κ1) is 13.1. The number of hydrogen-bond acceptors (Lipinski definition) is 2. The zero-order chi connectivity index (χ0) is 13.1. The third-order valence-electron chi connectivity index (χ3n) is 5.84. The molecule has 0 aromatic carbocycles. The lowest BCUT2D eigenvalue weighted by molar-refractivity contribution is -0.148. The minimum absolute atomic E-state index is 0.0373. The minimum Gasteiger partial charge on any atom is -0.370 e. The molecule has 0 aromatic rings. The van der Waals surface area contributed by atoms with E-state index in [0.717, 1.165) is 6.42 Å². The number of fused-ring (bicyclic) bond motifs is 1. The van der Waals surface area contributed by atoms with Crippen LogP contribution in [-0.4, -0.2) is 17.5 Å². The lowest BCUT2D eigenvalue weighted by Crippen LogP contribution is -2.44. The summed E-state index contributed by atoms with van der Waals surface area (Å²) in [5.41, 5.74) is -0.146. The normalized spacial score (nSPS) is 40.4. The number of ketones is 1. The number of carbonyl (C=O) groups is 1. The Bertz CT molecular complexity index is 343. The summed E-state index contributed by atoms with van der Waals surface area (Å²) in [5.74, 6) is 0.866. The summed E-state index contributed by atoms with van der Waals surface area (Å²) < 4.78 is 6.39. The van der Waals surface area contributed by atoms with Gasteiger partial charge >= 0.3 is 0 Å². The van der Waals surface area contributed by atoms with Crippen molar-refractivity contribution in [3.63, 3.8) is 0 Å². The molecule has 0 amide bonds. The van der Waals surface area contributed by atoms with Gasteiger partial charge in [-0.1, -0.05) is 27.7 Å². The van der Waals surface area contributed by atoms with E-state index < -0.39 is 0 Å². The van der Waals surface area contributed by atoms with Crippen molar-refractivity contribution in [3.05, 3.63) is 0 Å². The molecule has 2 aliphatic rings. The topological polar surface area (TPSA) is 26.3 Å². The van der Waals surface area contributed by atoms with Crippen molar-refractivity contribution in [2.45, 2.75) is 72.5 Å². The Morgan fingerprint density at radius 2 is 1.88 bits per heavy atom. The molecule has 0 bridgehead atoms. The van der Waals surface area contributed by atoms with Crippen LogP contribution in [-0.2, 0) is 9.53 Å². The first-order valence-corrected chi connectivity index (χ1v) is 6.80. The standard InChI is InChI=1S/C15H26O2/c1-10(16)14(4,5)12-9-11-7-8-13(2,3)15(11,6)17-12/h11-12H,7-9H2,1-6H3.